The molecule has 0 saturated carbocycles. The van der Waals surface area contributed by atoms with E-state index in [1.165, 1.54) is 0 Å². The Hall–Kier alpha value is -2.03. The number of hydrogen-bond donors (Lipinski definition) is 0. The molecule has 0 saturated heterocycles. The summed E-state index contributed by atoms with van der Waals surface area (Å²) in [5.41, 5.74) is 0.704. The van der Waals surface area contributed by atoms with Crippen molar-refractivity contribution in [3.8, 4) is 0 Å². The van der Waals surface area contributed by atoms with Gasteiger partial charge in [0.25, 0.3) is 0 Å². The molecule has 3 nitrogen and oxygen atoms in total. The largest absolute Gasteiger partial charge is 0.460 e. The van der Waals surface area contributed by atoms with Crippen LogP contribution in [0.3, 0.4) is 0 Å². The lowest BCUT2D eigenvalue weighted by Gasteiger charge is -1.99. The number of carbonyl (C=O) groups excluding carboxylic acids is 1. The fourth-order valence-electron chi connectivity index (χ4n) is 1.66. The van der Waals surface area contributed by atoms with Gasteiger partial charge in [0.15, 0.2) is 0 Å². The van der Waals surface area contributed by atoms with E-state index in [1.807, 2.05) is 30.3 Å². The third-order valence-corrected chi connectivity index (χ3v) is 2.55. The van der Waals surface area contributed by atoms with Crippen LogP contribution in [-0.2, 0) is 4.74 Å². The van der Waals surface area contributed by atoms with Gasteiger partial charge in [0.2, 0.25) is 5.76 Å². The van der Waals surface area contributed by atoms with Crippen molar-refractivity contribution >= 4 is 16.9 Å². The fraction of sp³-hybridized carbons (Fsp3) is 0.267. The van der Waals surface area contributed by atoms with E-state index in [0.29, 0.717) is 12.2 Å². The molecular weight excluding hydrogens is 228 g/mol. The van der Waals surface area contributed by atoms with Crippen molar-refractivity contribution in [2.75, 3.05) is 6.61 Å². The zero-order valence-electron chi connectivity index (χ0n) is 10.4. The Balaban J connectivity index is 1.94. The number of para-hydroxylation sites is 1. The highest BCUT2D eigenvalue weighted by Gasteiger charge is 2.12. The van der Waals surface area contributed by atoms with Gasteiger partial charge in [-0.25, -0.2) is 4.79 Å². The van der Waals surface area contributed by atoms with Crippen LogP contribution in [0.25, 0.3) is 11.0 Å². The number of allylic oxidation sites excluding steroid dienone is 1. The minimum atomic E-state index is -0.406. The third-order valence-electron chi connectivity index (χ3n) is 2.55. The Morgan fingerprint density at radius 1 is 1.33 bits per heavy atom. The highest BCUT2D eigenvalue weighted by atomic mass is 16.5. The van der Waals surface area contributed by atoms with Gasteiger partial charge in [0, 0.05) is 5.39 Å². The first-order valence-corrected chi connectivity index (χ1v) is 6.12. The Morgan fingerprint density at radius 2 is 2.17 bits per heavy atom. The molecule has 3 heteroatoms. The second-order valence-corrected chi connectivity index (χ2v) is 3.95. The van der Waals surface area contributed by atoms with Gasteiger partial charge >= 0.3 is 5.97 Å². The number of benzene rings is 1. The summed E-state index contributed by atoms with van der Waals surface area (Å²) >= 11 is 0. The Labute approximate surface area is 106 Å². The van der Waals surface area contributed by atoms with Crippen molar-refractivity contribution in [2.24, 2.45) is 0 Å². The van der Waals surface area contributed by atoms with E-state index >= 15 is 0 Å². The van der Waals surface area contributed by atoms with Crippen LogP contribution in [0.1, 0.15) is 30.3 Å². The highest BCUT2D eigenvalue weighted by Crippen LogP contribution is 2.19. The lowest BCUT2D eigenvalue weighted by Crippen LogP contribution is -2.04. The van der Waals surface area contributed by atoms with Crippen molar-refractivity contribution in [3.63, 3.8) is 0 Å². The summed E-state index contributed by atoms with van der Waals surface area (Å²) in [6, 6.07) is 9.22. The zero-order valence-corrected chi connectivity index (χ0v) is 10.4. The minimum absolute atomic E-state index is 0.260. The number of carbonyl (C=O) groups is 1. The molecule has 1 aromatic heterocycles. The van der Waals surface area contributed by atoms with E-state index in [4.69, 9.17) is 9.15 Å². The predicted molar refractivity (Wildman–Crippen MR) is 70.5 cm³/mol. The Bertz CT molecular complexity index is 519. The van der Waals surface area contributed by atoms with Gasteiger partial charge in [-0.1, -0.05) is 37.3 Å². The van der Waals surface area contributed by atoms with Gasteiger partial charge in [0.1, 0.15) is 5.58 Å². The van der Waals surface area contributed by atoms with E-state index in [0.717, 1.165) is 18.2 Å². The lowest BCUT2D eigenvalue weighted by molar-refractivity contribution is 0.0478. The van der Waals surface area contributed by atoms with Crippen LogP contribution < -0.4 is 0 Å². The lowest BCUT2D eigenvalue weighted by atomic mass is 10.2. The molecule has 0 fully saturated rings. The first-order chi connectivity index (χ1) is 8.81. The molecule has 2 rings (SSSR count). The third kappa shape index (κ3) is 3.00. The van der Waals surface area contributed by atoms with Gasteiger partial charge in [-0.05, 0) is 25.0 Å². The molecule has 0 aliphatic carbocycles. The molecular formula is C15H16O3. The topological polar surface area (TPSA) is 39.4 Å². The smallest absolute Gasteiger partial charge is 0.374 e. The molecule has 0 aliphatic heterocycles. The van der Waals surface area contributed by atoms with Crippen molar-refractivity contribution in [2.45, 2.75) is 19.8 Å². The average molecular weight is 244 g/mol. The normalized spacial score (nSPS) is 11.2. The number of esters is 1. The van der Waals surface area contributed by atoms with Crippen LogP contribution in [0.15, 0.2) is 46.9 Å². The molecule has 0 atom stereocenters. The van der Waals surface area contributed by atoms with Crippen LogP contribution >= 0.6 is 0 Å². The zero-order chi connectivity index (χ0) is 12.8. The van der Waals surface area contributed by atoms with Crippen LogP contribution in [0, 0.1) is 0 Å². The van der Waals surface area contributed by atoms with Crippen LogP contribution in [0.5, 0.6) is 0 Å². The molecule has 94 valence electrons. The van der Waals surface area contributed by atoms with E-state index in [9.17, 15) is 4.79 Å². The monoisotopic (exact) mass is 244 g/mol. The maximum atomic E-state index is 11.7. The standard InChI is InChI=1S/C15H16O3/c1-2-3-4-7-10-17-15(16)14-11-12-8-5-6-9-13(12)18-14/h3-6,8-9,11H,2,7,10H2,1H3/b4-3-. The van der Waals surface area contributed by atoms with Crippen molar-refractivity contribution < 1.29 is 13.9 Å². The summed E-state index contributed by atoms with van der Waals surface area (Å²) in [6.07, 6.45) is 5.79. The summed E-state index contributed by atoms with van der Waals surface area (Å²) in [7, 11) is 0. The van der Waals surface area contributed by atoms with E-state index in [-0.39, 0.29) is 5.76 Å². The van der Waals surface area contributed by atoms with E-state index in [2.05, 4.69) is 13.0 Å². The Kier molecular flexibility index (Phi) is 4.18. The Morgan fingerprint density at radius 3 is 2.94 bits per heavy atom. The second-order valence-electron chi connectivity index (χ2n) is 3.95. The maximum absolute atomic E-state index is 11.7. The molecule has 0 N–H and O–H groups in total. The number of fused-ring (bicyclic) bond motifs is 1. The van der Waals surface area contributed by atoms with E-state index in [1.54, 1.807) is 6.07 Å². The van der Waals surface area contributed by atoms with Crippen LogP contribution in [0.4, 0.5) is 0 Å². The van der Waals surface area contributed by atoms with Gasteiger partial charge in [-0.3, -0.25) is 0 Å². The van der Waals surface area contributed by atoms with Crippen molar-refractivity contribution in [1.29, 1.82) is 0 Å². The second kappa shape index (κ2) is 6.05. The number of rotatable bonds is 5. The minimum Gasteiger partial charge on any atom is -0.460 e. The van der Waals surface area contributed by atoms with Crippen molar-refractivity contribution in [3.05, 3.63) is 48.2 Å². The quantitative estimate of drug-likeness (QED) is 0.454. The molecule has 1 aromatic carbocycles. The molecule has 0 amide bonds. The summed E-state index contributed by atoms with van der Waals surface area (Å²) in [6.45, 7) is 2.45. The molecule has 1 heterocycles. The van der Waals surface area contributed by atoms with Gasteiger partial charge < -0.3 is 9.15 Å². The molecule has 0 aliphatic rings. The fourth-order valence-corrected chi connectivity index (χ4v) is 1.66. The van der Waals surface area contributed by atoms with Gasteiger partial charge in [-0.15, -0.1) is 0 Å². The highest BCUT2D eigenvalue weighted by molar-refractivity contribution is 5.92. The molecule has 0 radical (unpaired) electrons. The summed E-state index contributed by atoms with van der Waals surface area (Å²) in [5, 5.41) is 0.912. The molecule has 0 unspecified atom stereocenters. The average Bonchev–Trinajstić information content (AvgIpc) is 2.82. The SMILES string of the molecule is CC/C=C\CCOC(=O)c1cc2ccccc2o1. The molecule has 0 spiro atoms. The first-order valence-electron chi connectivity index (χ1n) is 6.12. The molecule has 18 heavy (non-hydrogen) atoms. The molecule has 0 bridgehead atoms. The maximum Gasteiger partial charge on any atom is 0.374 e. The summed E-state index contributed by atoms with van der Waals surface area (Å²) in [5.74, 6) is -0.147. The van der Waals surface area contributed by atoms with Crippen molar-refractivity contribution in [1.82, 2.24) is 0 Å². The van der Waals surface area contributed by atoms with E-state index < -0.39 is 5.97 Å². The summed E-state index contributed by atoms with van der Waals surface area (Å²) in [4.78, 5) is 11.7. The molecule has 2 aromatic rings. The number of ether oxygens (including phenoxy) is 1. The van der Waals surface area contributed by atoms with Gasteiger partial charge in [0.05, 0.1) is 6.61 Å². The number of furan rings is 1. The van der Waals surface area contributed by atoms with Crippen LogP contribution in [0.2, 0.25) is 0 Å². The van der Waals surface area contributed by atoms with Gasteiger partial charge in [-0.2, -0.15) is 0 Å². The van der Waals surface area contributed by atoms with Crippen LogP contribution in [-0.4, -0.2) is 12.6 Å². The first kappa shape index (κ1) is 12.4. The predicted octanol–water partition coefficient (Wildman–Crippen LogP) is 3.95. The summed E-state index contributed by atoms with van der Waals surface area (Å²) < 4.78 is 10.5. The number of hydrogen-bond acceptors (Lipinski definition) is 3.